The molecule has 1 aliphatic heterocycles. The first-order valence-corrected chi connectivity index (χ1v) is 11.3. The van der Waals surface area contributed by atoms with E-state index >= 15 is 0 Å². The summed E-state index contributed by atoms with van der Waals surface area (Å²) in [6.07, 6.45) is 3.58. The molecule has 2 heterocycles. The van der Waals surface area contributed by atoms with Crippen molar-refractivity contribution in [1.29, 1.82) is 0 Å². The van der Waals surface area contributed by atoms with E-state index in [1.807, 2.05) is 66.7 Å². The van der Waals surface area contributed by atoms with Gasteiger partial charge in [-0.2, -0.15) is 0 Å². The molecule has 6 heteroatoms. The molecule has 0 bridgehead atoms. The average molecular weight is 488 g/mol. The van der Waals surface area contributed by atoms with E-state index in [1.165, 1.54) is 0 Å². The molecule has 1 aromatic heterocycles. The minimum atomic E-state index is -0.179. The van der Waals surface area contributed by atoms with Crippen molar-refractivity contribution in [3.63, 3.8) is 0 Å². The predicted octanol–water partition coefficient (Wildman–Crippen LogP) is 7.73. The minimum Gasteiger partial charge on any atom is -0.495 e. The fourth-order valence-electron chi connectivity index (χ4n) is 3.91. The van der Waals surface area contributed by atoms with Crippen LogP contribution in [0.4, 0.5) is 5.69 Å². The van der Waals surface area contributed by atoms with Crippen LogP contribution in [0.15, 0.2) is 101 Å². The molecule has 4 aromatic rings. The number of hydrogen-bond donors (Lipinski definition) is 0. The number of halogens is 2. The lowest BCUT2D eigenvalue weighted by molar-refractivity contribution is -0.113. The van der Waals surface area contributed by atoms with Crippen LogP contribution in [0.25, 0.3) is 23.1 Å². The quantitative estimate of drug-likeness (QED) is 0.270. The first kappa shape index (κ1) is 22.1. The molecule has 34 heavy (non-hydrogen) atoms. The summed E-state index contributed by atoms with van der Waals surface area (Å²) < 4.78 is 11.5. The summed E-state index contributed by atoms with van der Waals surface area (Å²) in [5.74, 6) is 1.52. The van der Waals surface area contributed by atoms with E-state index in [2.05, 4.69) is 0 Å². The standard InChI is InChI=1S/C28H19Cl2NO3/c1-33-27-10-6-5-9-24(27)31-25(18-7-3-2-4-8-18)16-19(28(31)32)15-21-12-14-26(34-21)22-17-20(29)11-13-23(22)30/h2-17H,1H3. The maximum Gasteiger partial charge on any atom is 0.263 e. The van der Waals surface area contributed by atoms with Crippen molar-refractivity contribution in [3.05, 3.63) is 118 Å². The SMILES string of the molecule is COc1ccccc1N1C(=O)C(=Cc2ccc(-c3cc(Cl)ccc3Cl)o2)C=C1c1ccccc1. The Morgan fingerprint density at radius 2 is 1.68 bits per heavy atom. The van der Waals surface area contributed by atoms with Gasteiger partial charge < -0.3 is 9.15 Å². The predicted molar refractivity (Wildman–Crippen MR) is 137 cm³/mol. The molecule has 4 nitrogen and oxygen atoms in total. The molecule has 0 aliphatic carbocycles. The number of ether oxygens (including phenoxy) is 1. The first-order chi connectivity index (χ1) is 16.5. The number of benzene rings is 3. The third kappa shape index (κ3) is 4.14. The monoisotopic (exact) mass is 487 g/mol. The fourth-order valence-corrected chi connectivity index (χ4v) is 4.29. The van der Waals surface area contributed by atoms with E-state index in [0.29, 0.717) is 44.1 Å². The van der Waals surface area contributed by atoms with Gasteiger partial charge in [0.1, 0.15) is 17.3 Å². The lowest BCUT2D eigenvalue weighted by Crippen LogP contribution is -2.25. The van der Waals surface area contributed by atoms with Crippen LogP contribution in [0.2, 0.25) is 10.0 Å². The Bertz CT molecular complexity index is 1440. The number of amides is 1. The van der Waals surface area contributed by atoms with Crippen molar-refractivity contribution in [3.8, 4) is 17.1 Å². The topological polar surface area (TPSA) is 42.7 Å². The Morgan fingerprint density at radius 3 is 2.47 bits per heavy atom. The molecule has 0 saturated carbocycles. The van der Waals surface area contributed by atoms with Crippen molar-refractivity contribution in [2.24, 2.45) is 0 Å². The zero-order valence-corrected chi connectivity index (χ0v) is 19.7. The maximum absolute atomic E-state index is 13.6. The third-order valence-corrected chi connectivity index (χ3v) is 6.06. The summed E-state index contributed by atoms with van der Waals surface area (Å²) in [6.45, 7) is 0. The number of nitrogens with zero attached hydrogens (tertiary/aromatic N) is 1. The highest BCUT2D eigenvalue weighted by molar-refractivity contribution is 6.35. The Labute approximate surface area is 207 Å². The summed E-state index contributed by atoms with van der Waals surface area (Å²) >= 11 is 12.4. The number of methoxy groups -OCH3 is 1. The largest absolute Gasteiger partial charge is 0.495 e. The first-order valence-electron chi connectivity index (χ1n) is 10.6. The maximum atomic E-state index is 13.6. The van der Waals surface area contributed by atoms with Crippen molar-refractivity contribution in [1.82, 2.24) is 0 Å². The normalized spacial score (nSPS) is 14.6. The van der Waals surface area contributed by atoms with Crippen LogP contribution < -0.4 is 9.64 Å². The lowest BCUT2D eigenvalue weighted by atomic mass is 10.1. The van der Waals surface area contributed by atoms with Gasteiger partial charge in [-0.05, 0) is 60.2 Å². The molecule has 0 fully saturated rings. The summed E-state index contributed by atoms with van der Waals surface area (Å²) in [4.78, 5) is 15.3. The van der Waals surface area contributed by atoms with Crippen LogP contribution in [-0.4, -0.2) is 13.0 Å². The van der Waals surface area contributed by atoms with E-state index in [4.69, 9.17) is 32.4 Å². The van der Waals surface area contributed by atoms with Gasteiger partial charge in [0.25, 0.3) is 5.91 Å². The molecule has 0 N–H and O–H groups in total. The smallest absolute Gasteiger partial charge is 0.263 e. The van der Waals surface area contributed by atoms with Crippen LogP contribution in [0.3, 0.4) is 0 Å². The second-order valence-corrected chi connectivity index (χ2v) is 8.48. The molecule has 0 saturated heterocycles. The van der Waals surface area contributed by atoms with E-state index < -0.39 is 0 Å². The molecule has 168 valence electrons. The molecular formula is C28H19Cl2NO3. The zero-order chi connectivity index (χ0) is 23.7. The van der Waals surface area contributed by atoms with E-state index in [9.17, 15) is 4.79 Å². The van der Waals surface area contributed by atoms with Crippen LogP contribution in [-0.2, 0) is 4.79 Å². The molecule has 0 unspecified atom stereocenters. The van der Waals surface area contributed by atoms with E-state index in [1.54, 1.807) is 42.4 Å². The molecule has 0 radical (unpaired) electrons. The van der Waals surface area contributed by atoms with E-state index in [-0.39, 0.29) is 5.91 Å². The van der Waals surface area contributed by atoms with Gasteiger partial charge in [-0.25, -0.2) is 0 Å². The summed E-state index contributed by atoms with van der Waals surface area (Å²) in [6, 6.07) is 26.0. The Balaban J connectivity index is 1.57. The highest BCUT2D eigenvalue weighted by Crippen LogP contribution is 2.40. The van der Waals surface area contributed by atoms with Gasteiger partial charge in [-0.3, -0.25) is 9.69 Å². The van der Waals surface area contributed by atoms with E-state index in [0.717, 1.165) is 11.3 Å². The molecule has 1 amide bonds. The van der Waals surface area contributed by atoms with Gasteiger partial charge in [0, 0.05) is 16.2 Å². The van der Waals surface area contributed by atoms with Crippen molar-refractivity contribution in [2.45, 2.75) is 0 Å². The minimum absolute atomic E-state index is 0.179. The van der Waals surface area contributed by atoms with Crippen LogP contribution in [0.5, 0.6) is 5.75 Å². The van der Waals surface area contributed by atoms with Crippen molar-refractivity contribution >= 4 is 46.6 Å². The Morgan fingerprint density at radius 1 is 0.912 bits per heavy atom. The number of carbonyl (C=O) groups is 1. The molecular weight excluding hydrogens is 469 g/mol. The Kier molecular flexibility index (Phi) is 6.01. The van der Waals surface area contributed by atoms with Gasteiger partial charge in [-0.1, -0.05) is 65.7 Å². The summed E-state index contributed by atoms with van der Waals surface area (Å²) in [7, 11) is 1.59. The summed E-state index contributed by atoms with van der Waals surface area (Å²) in [5.41, 5.74) is 3.51. The van der Waals surface area contributed by atoms with Crippen molar-refractivity contribution < 1.29 is 13.9 Å². The van der Waals surface area contributed by atoms with Gasteiger partial charge in [0.15, 0.2) is 0 Å². The third-order valence-electron chi connectivity index (χ3n) is 5.50. The molecule has 5 rings (SSSR count). The fraction of sp³-hybridized carbons (Fsp3) is 0.0357. The van der Waals surface area contributed by atoms with Gasteiger partial charge in [0.05, 0.1) is 23.5 Å². The van der Waals surface area contributed by atoms with Crippen LogP contribution >= 0.6 is 23.2 Å². The van der Waals surface area contributed by atoms with Crippen LogP contribution in [0, 0.1) is 0 Å². The number of furan rings is 1. The summed E-state index contributed by atoms with van der Waals surface area (Å²) in [5, 5.41) is 1.09. The number of hydrogen-bond acceptors (Lipinski definition) is 3. The molecule has 3 aromatic carbocycles. The number of anilines is 1. The zero-order valence-electron chi connectivity index (χ0n) is 18.2. The molecule has 0 atom stereocenters. The van der Waals surface area contributed by atoms with Crippen molar-refractivity contribution in [2.75, 3.05) is 12.0 Å². The van der Waals surface area contributed by atoms with Gasteiger partial charge in [-0.15, -0.1) is 0 Å². The van der Waals surface area contributed by atoms with Gasteiger partial charge in [0.2, 0.25) is 0 Å². The Hall–Kier alpha value is -3.73. The second-order valence-electron chi connectivity index (χ2n) is 7.63. The molecule has 1 aliphatic rings. The lowest BCUT2D eigenvalue weighted by Gasteiger charge is -2.22. The number of para-hydroxylation sites is 2. The second kappa shape index (κ2) is 9.26. The van der Waals surface area contributed by atoms with Gasteiger partial charge >= 0.3 is 0 Å². The number of carbonyl (C=O) groups excluding carboxylic acids is 1. The highest BCUT2D eigenvalue weighted by atomic mass is 35.5. The van der Waals surface area contributed by atoms with Crippen LogP contribution in [0.1, 0.15) is 11.3 Å². The molecule has 0 spiro atoms. The highest BCUT2D eigenvalue weighted by Gasteiger charge is 2.32. The average Bonchev–Trinajstić information content (AvgIpc) is 3.46. The number of rotatable bonds is 5.